The molecule has 1 heterocycles. The van der Waals surface area contributed by atoms with E-state index in [2.05, 4.69) is 10.3 Å². The highest BCUT2D eigenvalue weighted by molar-refractivity contribution is 7.89. The summed E-state index contributed by atoms with van der Waals surface area (Å²) in [5.74, 6) is -0.293. The number of aryl methyl sites for hydroxylation is 1. The summed E-state index contributed by atoms with van der Waals surface area (Å²) in [6.07, 6.45) is 0.579. The lowest BCUT2D eigenvalue weighted by atomic mass is 10.1. The van der Waals surface area contributed by atoms with Gasteiger partial charge in [0.1, 0.15) is 10.8 Å². The monoisotopic (exact) mass is 365 g/mol. The number of nitrogens with one attached hydrogen (secondary N) is 1. The summed E-state index contributed by atoms with van der Waals surface area (Å²) in [4.78, 5) is 4.55. The number of hydrogen-bond acceptors (Lipinski definition) is 5. The van der Waals surface area contributed by atoms with Crippen molar-refractivity contribution in [1.82, 2.24) is 4.98 Å². The molecule has 0 aliphatic rings. The molecule has 0 aliphatic heterocycles. The lowest BCUT2D eigenvalue weighted by molar-refractivity contribution is 0.596. The van der Waals surface area contributed by atoms with Crippen LogP contribution in [-0.4, -0.2) is 13.4 Å². The molecule has 0 unspecified atom stereocenters. The number of hydrogen-bond donors (Lipinski definition) is 2. The zero-order valence-corrected chi connectivity index (χ0v) is 14.5. The van der Waals surface area contributed by atoms with Gasteiger partial charge in [0.25, 0.3) is 0 Å². The van der Waals surface area contributed by atoms with E-state index in [0.29, 0.717) is 24.2 Å². The van der Waals surface area contributed by atoms with E-state index in [1.54, 1.807) is 18.2 Å². The van der Waals surface area contributed by atoms with Crippen LogP contribution in [0.15, 0.2) is 41.3 Å². The smallest absolute Gasteiger partial charge is 0.238 e. The second-order valence-electron chi connectivity index (χ2n) is 5.29. The van der Waals surface area contributed by atoms with Crippen molar-refractivity contribution in [3.05, 3.63) is 52.8 Å². The third-order valence-electron chi connectivity index (χ3n) is 3.59. The lowest BCUT2D eigenvalue weighted by Gasteiger charge is -2.10. The van der Waals surface area contributed by atoms with E-state index < -0.39 is 10.0 Å². The molecule has 0 atom stereocenters. The molecule has 3 aromatic rings. The van der Waals surface area contributed by atoms with Crippen molar-refractivity contribution in [1.29, 1.82) is 0 Å². The van der Waals surface area contributed by atoms with Gasteiger partial charge in [-0.05, 0) is 42.3 Å². The number of benzene rings is 2. The summed E-state index contributed by atoms with van der Waals surface area (Å²) in [7, 11) is -3.77. The Morgan fingerprint density at radius 2 is 2.04 bits per heavy atom. The van der Waals surface area contributed by atoms with Crippen molar-refractivity contribution in [3.8, 4) is 0 Å². The lowest BCUT2D eigenvalue weighted by Crippen LogP contribution is -2.15. The minimum atomic E-state index is -3.77. The van der Waals surface area contributed by atoms with Gasteiger partial charge < -0.3 is 5.32 Å². The van der Waals surface area contributed by atoms with E-state index in [4.69, 9.17) is 5.14 Å². The number of nitrogens with zero attached hydrogens (tertiary/aromatic N) is 1. The summed E-state index contributed by atoms with van der Waals surface area (Å²) >= 11 is 1.39. The van der Waals surface area contributed by atoms with Crippen LogP contribution >= 0.6 is 11.3 Å². The Labute approximate surface area is 143 Å². The molecule has 5 nitrogen and oxygen atoms in total. The van der Waals surface area contributed by atoms with Crippen LogP contribution in [0.3, 0.4) is 0 Å². The summed E-state index contributed by atoms with van der Waals surface area (Å²) in [6, 6.07) is 9.55. The van der Waals surface area contributed by atoms with E-state index in [0.717, 1.165) is 15.2 Å². The van der Waals surface area contributed by atoms with Gasteiger partial charge in [0.15, 0.2) is 0 Å². The Hall–Kier alpha value is -2.03. The predicted octanol–water partition coefficient (Wildman–Crippen LogP) is 3.26. The number of halogens is 1. The molecular formula is C16H16FN3O2S2. The van der Waals surface area contributed by atoms with E-state index >= 15 is 0 Å². The molecule has 0 bridgehead atoms. The van der Waals surface area contributed by atoms with Crippen LogP contribution in [0.5, 0.6) is 0 Å². The van der Waals surface area contributed by atoms with Crippen molar-refractivity contribution in [2.24, 2.45) is 5.14 Å². The van der Waals surface area contributed by atoms with Crippen LogP contribution in [0.2, 0.25) is 0 Å². The van der Waals surface area contributed by atoms with Crippen LogP contribution < -0.4 is 10.5 Å². The second kappa shape index (κ2) is 6.46. The van der Waals surface area contributed by atoms with Gasteiger partial charge in [-0.2, -0.15) is 0 Å². The Kier molecular flexibility index (Phi) is 4.53. The molecule has 24 heavy (non-hydrogen) atoms. The molecule has 2 aromatic carbocycles. The Balaban J connectivity index is 1.83. The fourth-order valence-electron chi connectivity index (χ4n) is 2.42. The number of anilines is 1. The van der Waals surface area contributed by atoms with E-state index in [-0.39, 0.29) is 10.7 Å². The molecule has 0 spiro atoms. The molecule has 3 N–H and O–H groups in total. The van der Waals surface area contributed by atoms with Crippen LogP contribution in [0, 0.1) is 5.82 Å². The van der Waals surface area contributed by atoms with Gasteiger partial charge in [-0.1, -0.05) is 13.0 Å². The molecule has 3 rings (SSSR count). The van der Waals surface area contributed by atoms with Gasteiger partial charge in [-0.25, -0.2) is 22.9 Å². The highest BCUT2D eigenvalue weighted by Crippen LogP contribution is 2.25. The number of rotatable bonds is 5. The van der Waals surface area contributed by atoms with Crippen molar-refractivity contribution in [3.63, 3.8) is 0 Å². The summed E-state index contributed by atoms with van der Waals surface area (Å²) in [5.41, 5.74) is 2.06. The first-order valence-corrected chi connectivity index (χ1v) is 9.67. The van der Waals surface area contributed by atoms with E-state index in [1.807, 2.05) is 6.92 Å². The maximum atomic E-state index is 13.2. The topological polar surface area (TPSA) is 85.1 Å². The van der Waals surface area contributed by atoms with Crippen LogP contribution in [-0.2, 0) is 23.0 Å². The number of thiazole rings is 1. The standard InChI is InChI=1S/C16H16FN3O2S2/c1-2-10-3-5-12(8-15(10)24(18,21)22)19-9-16-20-13-6-4-11(17)7-14(13)23-16/h3-8,19H,2,9H2,1H3,(H2,18,21,22). The van der Waals surface area contributed by atoms with Crippen LogP contribution in [0.4, 0.5) is 10.1 Å². The Morgan fingerprint density at radius 1 is 1.25 bits per heavy atom. The quantitative estimate of drug-likeness (QED) is 0.727. The number of nitrogens with two attached hydrogens (primary N) is 1. The van der Waals surface area contributed by atoms with Crippen molar-refractivity contribution < 1.29 is 12.8 Å². The highest BCUT2D eigenvalue weighted by Gasteiger charge is 2.14. The molecule has 0 saturated carbocycles. The molecule has 1 aromatic heterocycles. The first-order valence-electron chi connectivity index (χ1n) is 7.31. The maximum absolute atomic E-state index is 13.2. The molecule has 126 valence electrons. The number of aromatic nitrogens is 1. The van der Waals surface area contributed by atoms with Crippen molar-refractivity contribution >= 4 is 37.3 Å². The van der Waals surface area contributed by atoms with Crippen molar-refractivity contribution in [2.45, 2.75) is 24.8 Å². The minimum absolute atomic E-state index is 0.126. The van der Waals surface area contributed by atoms with E-state index in [1.165, 1.54) is 29.5 Å². The Bertz CT molecular complexity index is 1000. The maximum Gasteiger partial charge on any atom is 0.238 e. The van der Waals surface area contributed by atoms with Gasteiger partial charge in [-0.15, -0.1) is 11.3 Å². The fourth-order valence-corrected chi connectivity index (χ4v) is 4.22. The zero-order chi connectivity index (χ0) is 17.3. The molecule has 8 heteroatoms. The summed E-state index contributed by atoms with van der Waals surface area (Å²) in [6.45, 7) is 2.29. The van der Waals surface area contributed by atoms with Gasteiger partial charge in [0.2, 0.25) is 10.0 Å². The Morgan fingerprint density at radius 3 is 2.75 bits per heavy atom. The van der Waals surface area contributed by atoms with Gasteiger partial charge in [-0.3, -0.25) is 0 Å². The largest absolute Gasteiger partial charge is 0.378 e. The predicted molar refractivity (Wildman–Crippen MR) is 94.1 cm³/mol. The fraction of sp³-hybridized carbons (Fsp3) is 0.188. The van der Waals surface area contributed by atoms with Crippen LogP contribution in [0.25, 0.3) is 10.2 Å². The van der Waals surface area contributed by atoms with Gasteiger partial charge in [0.05, 0.1) is 21.7 Å². The van der Waals surface area contributed by atoms with Crippen molar-refractivity contribution in [2.75, 3.05) is 5.32 Å². The van der Waals surface area contributed by atoms with Gasteiger partial charge in [0, 0.05) is 5.69 Å². The molecule has 0 saturated heterocycles. The first kappa shape index (κ1) is 16.8. The molecule has 0 amide bonds. The molecular weight excluding hydrogens is 349 g/mol. The van der Waals surface area contributed by atoms with E-state index in [9.17, 15) is 12.8 Å². The average molecular weight is 365 g/mol. The zero-order valence-electron chi connectivity index (χ0n) is 12.9. The molecule has 0 fully saturated rings. The van der Waals surface area contributed by atoms with Gasteiger partial charge >= 0.3 is 0 Å². The molecule has 0 radical (unpaired) electrons. The summed E-state index contributed by atoms with van der Waals surface area (Å²) in [5, 5.41) is 9.19. The SMILES string of the molecule is CCc1ccc(NCc2nc3ccc(F)cc3s2)cc1S(N)(=O)=O. The third kappa shape index (κ3) is 3.55. The number of primary sulfonamides is 1. The number of sulfonamides is 1. The average Bonchev–Trinajstić information content (AvgIpc) is 2.93. The number of fused-ring (bicyclic) bond motifs is 1. The highest BCUT2D eigenvalue weighted by atomic mass is 32.2. The third-order valence-corrected chi connectivity index (χ3v) is 5.60. The first-order chi connectivity index (χ1) is 11.4. The summed E-state index contributed by atoms with van der Waals surface area (Å²) < 4.78 is 37.4. The normalized spacial score (nSPS) is 11.8. The second-order valence-corrected chi connectivity index (χ2v) is 7.94. The van der Waals surface area contributed by atoms with Crippen LogP contribution in [0.1, 0.15) is 17.5 Å². The minimum Gasteiger partial charge on any atom is -0.378 e. The molecule has 0 aliphatic carbocycles.